The molecule has 0 bridgehead atoms. The summed E-state index contributed by atoms with van der Waals surface area (Å²) in [6, 6.07) is -0.366. The van der Waals surface area contributed by atoms with E-state index in [9.17, 15) is 9.59 Å². The molecule has 1 aliphatic carbocycles. The van der Waals surface area contributed by atoms with Gasteiger partial charge in [-0.1, -0.05) is 27.2 Å². The summed E-state index contributed by atoms with van der Waals surface area (Å²) in [4.78, 5) is 22.4. The average Bonchev–Trinajstić information content (AvgIpc) is 2.56. The van der Waals surface area contributed by atoms with Crippen LogP contribution in [0.25, 0.3) is 0 Å². The van der Waals surface area contributed by atoms with Crippen molar-refractivity contribution in [1.82, 2.24) is 10.6 Å². The lowest BCUT2D eigenvalue weighted by atomic mass is 9.87. The van der Waals surface area contributed by atoms with Gasteiger partial charge in [0.05, 0.1) is 6.42 Å². The number of rotatable bonds is 5. The van der Waals surface area contributed by atoms with Crippen molar-refractivity contribution in [2.24, 2.45) is 5.41 Å². The molecule has 2 atom stereocenters. The number of carbonyl (C=O) groups is 2. The predicted octanol–water partition coefficient (Wildman–Crippen LogP) is 2.12. The van der Waals surface area contributed by atoms with Crippen molar-refractivity contribution in [1.29, 1.82) is 0 Å². The first kappa shape index (κ1) is 14.8. The van der Waals surface area contributed by atoms with Gasteiger partial charge in [-0.05, 0) is 24.7 Å². The van der Waals surface area contributed by atoms with Crippen LogP contribution in [0.4, 0.5) is 4.79 Å². The molecule has 0 aliphatic heterocycles. The first-order valence-electron chi connectivity index (χ1n) is 6.64. The summed E-state index contributed by atoms with van der Waals surface area (Å²) in [6.45, 7) is 6.17. The van der Waals surface area contributed by atoms with Gasteiger partial charge in [0.1, 0.15) is 0 Å². The Bertz CT molecular complexity index is 315. The molecule has 2 amide bonds. The third kappa shape index (κ3) is 4.20. The van der Waals surface area contributed by atoms with Gasteiger partial charge in [0, 0.05) is 12.1 Å². The summed E-state index contributed by atoms with van der Waals surface area (Å²) in [5.74, 6) is -0.886. The van der Waals surface area contributed by atoms with E-state index in [1.807, 2.05) is 6.92 Å². The van der Waals surface area contributed by atoms with E-state index in [0.29, 0.717) is 6.42 Å². The highest BCUT2D eigenvalue weighted by Gasteiger charge is 2.35. The van der Waals surface area contributed by atoms with E-state index in [-0.39, 0.29) is 30.0 Å². The Balaban J connectivity index is 2.43. The van der Waals surface area contributed by atoms with Gasteiger partial charge in [-0.3, -0.25) is 4.79 Å². The van der Waals surface area contributed by atoms with Crippen LogP contribution in [0.1, 0.15) is 52.9 Å². The van der Waals surface area contributed by atoms with E-state index in [2.05, 4.69) is 24.5 Å². The molecular weight excluding hydrogens is 232 g/mol. The molecule has 1 rings (SSSR count). The standard InChI is InChI=1S/C13H24N2O3/c1-4-9(8-11(16)17)14-12(18)15-10-6-5-7-13(10,2)3/h9-10H,4-8H2,1-3H3,(H,16,17)(H2,14,15,18). The van der Waals surface area contributed by atoms with Gasteiger partial charge >= 0.3 is 12.0 Å². The molecule has 0 aromatic rings. The Labute approximate surface area is 108 Å². The van der Waals surface area contributed by atoms with Crippen LogP contribution >= 0.6 is 0 Å². The monoisotopic (exact) mass is 256 g/mol. The number of carboxylic acids is 1. The molecule has 5 heteroatoms. The van der Waals surface area contributed by atoms with Gasteiger partial charge in [0.25, 0.3) is 0 Å². The van der Waals surface area contributed by atoms with E-state index in [4.69, 9.17) is 5.11 Å². The minimum Gasteiger partial charge on any atom is -0.481 e. The summed E-state index contributed by atoms with van der Waals surface area (Å²) in [5.41, 5.74) is 0.131. The topological polar surface area (TPSA) is 78.4 Å². The average molecular weight is 256 g/mol. The van der Waals surface area contributed by atoms with E-state index in [0.717, 1.165) is 19.3 Å². The summed E-state index contributed by atoms with van der Waals surface area (Å²) < 4.78 is 0. The number of carboxylic acid groups (broad SMARTS) is 1. The Morgan fingerprint density at radius 3 is 2.56 bits per heavy atom. The lowest BCUT2D eigenvalue weighted by molar-refractivity contribution is -0.137. The largest absolute Gasteiger partial charge is 0.481 e. The van der Waals surface area contributed by atoms with Gasteiger partial charge < -0.3 is 15.7 Å². The van der Waals surface area contributed by atoms with Crippen molar-refractivity contribution < 1.29 is 14.7 Å². The van der Waals surface area contributed by atoms with Crippen molar-refractivity contribution in [3.63, 3.8) is 0 Å². The first-order chi connectivity index (χ1) is 8.35. The number of hydrogen-bond donors (Lipinski definition) is 3. The van der Waals surface area contributed by atoms with Crippen molar-refractivity contribution >= 4 is 12.0 Å². The molecular formula is C13H24N2O3. The van der Waals surface area contributed by atoms with Crippen molar-refractivity contribution in [3.05, 3.63) is 0 Å². The summed E-state index contributed by atoms with van der Waals surface area (Å²) in [5, 5.41) is 14.4. The highest BCUT2D eigenvalue weighted by Crippen LogP contribution is 2.37. The quantitative estimate of drug-likeness (QED) is 0.705. The van der Waals surface area contributed by atoms with Gasteiger partial charge in [0.15, 0.2) is 0 Å². The Kier molecular flexibility index (Phi) is 4.99. The fraction of sp³-hybridized carbons (Fsp3) is 0.846. The summed E-state index contributed by atoms with van der Waals surface area (Å²) in [7, 11) is 0. The van der Waals surface area contributed by atoms with Crippen molar-refractivity contribution in [2.75, 3.05) is 0 Å². The molecule has 1 fully saturated rings. The fourth-order valence-electron chi connectivity index (χ4n) is 2.49. The van der Waals surface area contributed by atoms with Crippen LogP contribution in [-0.4, -0.2) is 29.2 Å². The Morgan fingerprint density at radius 1 is 1.44 bits per heavy atom. The molecule has 3 N–H and O–H groups in total. The second-order valence-electron chi connectivity index (χ2n) is 5.75. The normalized spacial score (nSPS) is 23.4. The molecule has 1 aliphatic rings. The van der Waals surface area contributed by atoms with Gasteiger partial charge in [0.2, 0.25) is 0 Å². The highest BCUT2D eigenvalue weighted by atomic mass is 16.4. The minimum atomic E-state index is -0.886. The Hall–Kier alpha value is -1.26. The molecule has 5 nitrogen and oxygen atoms in total. The smallest absolute Gasteiger partial charge is 0.315 e. The third-order valence-electron chi connectivity index (χ3n) is 3.81. The molecule has 2 unspecified atom stereocenters. The zero-order valence-electron chi connectivity index (χ0n) is 11.5. The SMILES string of the molecule is CCC(CC(=O)O)NC(=O)NC1CCCC1(C)C. The zero-order chi connectivity index (χ0) is 13.8. The minimum absolute atomic E-state index is 0.0298. The van der Waals surface area contributed by atoms with Crippen LogP contribution in [0.15, 0.2) is 0 Å². The van der Waals surface area contributed by atoms with Gasteiger partial charge in [-0.25, -0.2) is 4.79 Å². The maximum absolute atomic E-state index is 11.8. The molecule has 0 aromatic heterocycles. The lowest BCUT2D eigenvalue weighted by Gasteiger charge is -2.28. The van der Waals surface area contributed by atoms with E-state index in [1.165, 1.54) is 0 Å². The summed E-state index contributed by atoms with van der Waals surface area (Å²) >= 11 is 0. The predicted molar refractivity (Wildman–Crippen MR) is 69.4 cm³/mol. The number of aliphatic carboxylic acids is 1. The van der Waals surface area contributed by atoms with Crippen LogP contribution < -0.4 is 10.6 Å². The zero-order valence-corrected chi connectivity index (χ0v) is 11.5. The van der Waals surface area contributed by atoms with Crippen LogP contribution in [0, 0.1) is 5.41 Å². The second-order valence-corrected chi connectivity index (χ2v) is 5.75. The number of amides is 2. The van der Waals surface area contributed by atoms with Crippen molar-refractivity contribution in [2.45, 2.75) is 65.0 Å². The van der Waals surface area contributed by atoms with Crippen LogP contribution in [0.2, 0.25) is 0 Å². The molecule has 0 radical (unpaired) electrons. The molecule has 0 spiro atoms. The number of nitrogens with one attached hydrogen (secondary N) is 2. The fourth-order valence-corrected chi connectivity index (χ4v) is 2.49. The third-order valence-corrected chi connectivity index (χ3v) is 3.81. The number of hydrogen-bond acceptors (Lipinski definition) is 2. The maximum atomic E-state index is 11.8. The molecule has 104 valence electrons. The van der Waals surface area contributed by atoms with Gasteiger partial charge in [-0.2, -0.15) is 0 Å². The van der Waals surface area contributed by atoms with Gasteiger partial charge in [-0.15, -0.1) is 0 Å². The van der Waals surface area contributed by atoms with Crippen LogP contribution in [-0.2, 0) is 4.79 Å². The summed E-state index contributed by atoms with van der Waals surface area (Å²) in [6.07, 6.45) is 3.83. The number of urea groups is 1. The molecule has 18 heavy (non-hydrogen) atoms. The van der Waals surface area contributed by atoms with Crippen LogP contribution in [0.3, 0.4) is 0 Å². The first-order valence-corrected chi connectivity index (χ1v) is 6.64. The molecule has 0 saturated heterocycles. The van der Waals surface area contributed by atoms with E-state index >= 15 is 0 Å². The maximum Gasteiger partial charge on any atom is 0.315 e. The molecule has 0 aromatic carbocycles. The number of carbonyl (C=O) groups excluding carboxylic acids is 1. The van der Waals surface area contributed by atoms with Crippen LogP contribution in [0.5, 0.6) is 0 Å². The Morgan fingerprint density at radius 2 is 2.11 bits per heavy atom. The lowest BCUT2D eigenvalue weighted by Crippen LogP contribution is -2.49. The van der Waals surface area contributed by atoms with E-state index < -0.39 is 5.97 Å². The van der Waals surface area contributed by atoms with E-state index in [1.54, 1.807) is 0 Å². The van der Waals surface area contributed by atoms with Crippen molar-refractivity contribution in [3.8, 4) is 0 Å². The second kappa shape index (κ2) is 6.07. The molecule has 0 heterocycles. The molecule has 1 saturated carbocycles. The highest BCUT2D eigenvalue weighted by molar-refractivity contribution is 5.76.